The predicted molar refractivity (Wildman–Crippen MR) is 75.1 cm³/mol. The topological polar surface area (TPSA) is 17.1 Å². The van der Waals surface area contributed by atoms with Gasteiger partial charge in [0.15, 0.2) is 5.78 Å². The number of rotatable bonds is 4. The van der Waals surface area contributed by atoms with Crippen molar-refractivity contribution >= 4 is 17.4 Å². The van der Waals surface area contributed by atoms with Crippen LogP contribution in [0.25, 0.3) is 0 Å². The van der Waals surface area contributed by atoms with Crippen molar-refractivity contribution in [1.29, 1.82) is 0 Å². The Hall–Kier alpha value is -1.60. The minimum Gasteiger partial charge on any atom is -0.294 e. The summed E-state index contributed by atoms with van der Waals surface area (Å²) in [5.74, 6) is 0.166. The van der Waals surface area contributed by atoms with Crippen LogP contribution in [-0.4, -0.2) is 5.78 Å². The third-order valence-electron chi connectivity index (χ3n) is 2.96. The van der Waals surface area contributed by atoms with E-state index >= 15 is 0 Å². The van der Waals surface area contributed by atoms with E-state index in [2.05, 4.69) is 0 Å². The molecule has 0 aliphatic heterocycles. The SMILES string of the molecule is CC(Cc1ccc(Cl)cc1)C(=O)c1ccccc1. The minimum atomic E-state index is -0.0198. The van der Waals surface area contributed by atoms with Crippen LogP contribution < -0.4 is 0 Å². The molecule has 2 heteroatoms. The van der Waals surface area contributed by atoms with Crippen molar-refractivity contribution in [2.24, 2.45) is 5.92 Å². The molecule has 1 unspecified atom stereocenters. The first kappa shape index (κ1) is 12.8. The van der Waals surface area contributed by atoms with Gasteiger partial charge in [-0.1, -0.05) is 61.0 Å². The molecule has 0 saturated carbocycles. The Kier molecular flexibility index (Phi) is 4.16. The largest absolute Gasteiger partial charge is 0.294 e. The number of hydrogen-bond acceptors (Lipinski definition) is 1. The summed E-state index contributed by atoms with van der Waals surface area (Å²) in [4.78, 5) is 12.2. The van der Waals surface area contributed by atoms with E-state index in [1.54, 1.807) is 0 Å². The molecule has 0 aliphatic carbocycles. The fourth-order valence-corrected chi connectivity index (χ4v) is 2.08. The maximum absolute atomic E-state index is 12.2. The zero-order valence-corrected chi connectivity index (χ0v) is 11.0. The first-order valence-electron chi connectivity index (χ1n) is 6.00. The smallest absolute Gasteiger partial charge is 0.165 e. The number of carbonyl (C=O) groups is 1. The van der Waals surface area contributed by atoms with Gasteiger partial charge in [0.25, 0.3) is 0 Å². The Morgan fingerprint density at radius 2 is 1.67 bits per heavy atom. The van der Waals surface area contributed by atoms with Crippen LogP contribution in [0.2, 0.25) is 5.02 Å². The molecule has 0 bridgehead atoms. The maximum atomic E-state index is 12.2. The van der Waals surface area contributed by atoms with Gasteiger partial charge in [-0.25, -0.2) is 0 Å². The molecule has 0 heterocycles. The van der Waals surface area contributed by atoms with E-state index in [1.807, 2.05) is 61.5 Å². The highest BCUT2D eigenvalue weighted by atomic mass is 35.5. The Labute approximate surface area is 112 Å². The van der Waals surface area contributed by atoms with Crippen molar-refractivity contribution in [3.05, 3.63) is 70.7 Å². The van der Waals surface area contributed by atoms with Crippen LogP contribution in [-0.2, 0) is 6.42 Å². The van der Waals surface area contributed by atoms with E-state index in [-0.39, 0.29) is 11.7 Å². The van der Waals surface area contributed by atoms with E-state index in [9.17, 15) is 4.79 Å². The Morgan fingerprint density at radius 3 is 2.28 bits per heavy atom. The molecule has 2 rings (SSSR count). The molecule has 2 aromatic carbocycles. The highest BCUT2D eigenvalue weighted by molar-refractivity contribution is 6.30. The van der Waals surface area contributed by atoms with Crippen molar-refractivity contribution in [3.8, 4) is 0 Å². The van der Waals surface area contributed by atoms with Crippen LogP contribution in [0.4, 0.5) is 0 Å². The lowest BCUT2D eigenvalue weighted by atomic mass is 9.93. The van der Waals surface area contributed by atoms with Crippen LogP contribution in [0.15, 0.2) is 54.6 Å². The molecule has 0 aliphatic rings. The number of hydrogen-bond donors (Lipinski definition) is 0. The third-order valence-corrected chi connectivity index (χ3v) is 3.21. The van der Waals surface area contributed by atoms with Crippen molar-refractivity contribution in [2.75, 3.05) is 0 Å². The lowest BCUT2D eigenvalue weighted by Gasteiger charge is -2.10. The number of Topliss-reactive ketones (excluding diaryl/α,β-unsaturated/α-hetero) is 1. The van der Waals surface area contributed by atoms with Crippen molar-refractivity contribution in [3.63, 3.8) is 0 Å². The standard InChI is InChI=1S/C16H15ClO/c1-12(11-13-7-9-15(17)10-8-13)16(18)14-5-3-2-4-6-14/h2-10,12H,11H2,1H3. The van der Waals surface area contributed by atoms with Crippen molar-refractivity contribution in [1.82, 2.24) is 0 Å². The Bertz CT molecular complexity index is 517. The van der Waals surface area contributed by atoms with Gasteiger partial charge in [-0.05, 0) is 24.1 Å². The lowest BCUT2D eigenvalue weighted by Crippen LogP contribution is -2.13. The maximum Gasteiger partial charge on any atom is 0.165 e. The molecule has 0 radical (unpaired) electrons. The molecule has 0 amide bonds. The highest BCUT2D eigenvalue weighted by Gasteiger charge is 2.15. The average Bonchev–Trinajstić information content (AvgIpc) is 2.41. The molecular formula is C16H15ClO. The summed E-state index contributed by atoms with van der Waals surface area (Å²) >= 11 is 5.84. The molecular weight excluding hydrogens is 244 g/mol. The zero-order chi connectivity index (χ0) is 13.0. The quantitative estimate of drug-likeness (QED) is 0.743. The van der Waals surface area contributed by atoms with E-state index in [4.69, 9.17) is 11.6 Å². The number of carbonyl (C=O) groups excluding carboxylic acids is 1. The van der Waals surface area contributed by atoms with Crippen molar-refractivity contribution < 1.29 is 4.79 Å². The molecule has 18 heavy (non-hydrogen) atoms. The molecule has 1 atom stereocenters. The minimum absolute atomic E-state index is 0.0198. The summed E-state index contributed by atoms with van der Waals surface area (Å²) in [7, 11) is 0. The first-order valence-corrected chi connectivity index (χ1v) is 6.38. The summed E-state index contributed by atoms with van der Waals surface area (Å²) in [6, 6.07) is 17.1. The molecule has 92 valence electrons. The molecule has 0 saturated heterocycles. The number of halogens is 1. The number of ketones is 1. The summed E-state index contributed by atoms with van der Waals surface area (Å²) < 4.78 is 0. The fourth-order valence-electron chi connectivity index (χ4n) is 1.95. The Morgan fingerprint density at radius 1 is 1.06 bits per heavy atom. The Balaban J connectivity index is 2.06. The van der Waals surface area contributed by atoms with Gasteiger partial charge in [0.1, 0.15) is 0 Å². The lowest BCUT2D eigenvalue weighted by molar-refractivity contribution is 0.0929. The van der Waals surface area contributed by atoms with Crippen LogP contribution in [0.3, 0.4) is 0 Å². The van der Waals surface area contributed by atoms with Gasteiger partial charge in [-0.2, -0.15) is 0 Å². The third kappa shape index (κ3) is 3.21. The molecule has 0 N–H and O–H groups in total. The highest BCUT2D eigenvalue weighted by Crippen LogP contribution is 2.16. The van der Waals surface area contributed by atoms with Gasteiger partial charge in [-0.3, -0.25) is 4.79 Å². The predicted octanol–water partition coefficient (Wildman–Crippen LogP) is 4.40. The van der Waals surface area contributed by atoms with Crippen molar-refractivity contribution in [2.45, 2.75) is 13.3 Å². The van der Waals surface area contributed by atoms with E-state index in [0.717, 1.165) is 22.6 Å². The van der Waals surface area contributed by atoms with Gasteiger partial charge in [-0.15, -0.1) is 0 Å². The second-order valence-corrected chi connectivity index (χ2v) is 4.90. The fraction of sp³-hybridized carbons (Fsp3) is 0.188. The first-order chi connectivity index (χ1) is 8.66. The summed E-state index contributed by atoms with van der Waals surface area (Å²) in [6.45, 7) is 1.96. The van der Waals surface area contributed by atoms with Crippen LogP contribution in [0.5, 0.6) is 0 Å². The molecule has 0 fully saturated rings. The molecule has 2 aromatic rings. The van der Waals surface area contributed by atoms with Crippen LogP contribution >= 0.6 is 11.6 Å². The molecule has 1 nitrogen and oxygen atoms in total. The van der Waals surface area contributed by atoms with E-state index in [1.165, 1.54) is 0 Å². The summed E-state index contributed by atoms with van der Waals surface area (Å²) in [5.41, 5.74) is 1.91. The second-order valence-electron chi connectivity index (χ2n) is 4.46. The average molecular weight is 259 g/mol. The molecule has 0 spiro atoms. The monoisotopic (exact) mass is 258 g/mol. The van der Waals surface area contributed by atoms with Gasteiger partial charge < -0.3 is 0 Å². The van der Waals surface area contributed by atoms with Crippen LogP contribution in [0, 0.1) is 5.92 Å². The zero-order valence-electron chi connectivity index (χ0n) is 10.3. The number of benzene rings is 2. The normalized spacial score (nSPS) is 12.1. The molecule has 0 aromatic heterocycles. The van der Waals surface area contributed by atoms with Gasteiger partial charge in [0.2, 0.25) is 0 Å². The van der Waals surface area contributed by atoms with Gasteiger partial charge >= 0.3 is 0 Å². The summed E-state index contributed by atoms with van der Waals surface area (Å²) in [5, 5.41) is 0.723. The van der Waals surface area contributed by atoms with Crippen LogP contribution in [0.1, 0.15) is 22.8 Å². The van der Waals surface area contributed by atoms with Gasteiger partial charge in [0.05, 0.1) is 0 Å². The van der Waals surface area contributed by atoms with E-state index in [0.29, 0.717) is 0 Å². The van der Waals surface area contributed by atoms with E-state index < -0.39 is 0 Å². The van der Waals surface area contributed by atoms with Gasteiger partial charge in [0, 0.05) is 16.5 Å². The summed E-state index contributed by atoms with van der Waals surface area (Å²) in [6.07, 6.45) is 0.741. The second kappa shape index (κ2) is 5.83.